The molecule has 0 aromatic carbocycles. The van der Waals surface area contributed by atoms with Gasteiger partial charge in [-0.2, -0.15) is 11.8 Å². The lowest BCUT2D eigenvalue weighted by Crippen LogP contribution is -2.16. The predicted octanol–water partition coefficient (Wildman–Crippen LogP) is 2.25. The quantitative estimate of drug-likeness (QED) is 0.613. The molecule has 0 aromatic rings. The van der Waals surface area contributed by atoms with Crippen molar-refractivity contribution in [2.75, 3.05) is 5.75 Å². The second-order valence-electron chi connectivity index (χ2n) is 2.71. The highest BCUT2D eigenvalue weighted by atomic mass is 32.2. The minimum atomic E-state index is 0.470. The van der Waals surface area contributed by atoms with Gasteiger partial charge in [0.05, 0.1) is 0 Å². The summed E-state index contributed by atoms with van der Waals surface area (Å²) in [5.74, 6) is 1.62. The molecule has 1 aliphatic carbocycles. The summed E-state index contributed by atoms with van der Waals surface area (Å²) in [6.07, 6.45) is 4.04. The van der Waals surface area contributed by atoms with E-state index in [-0.39, 0.29) is 0 Å². The van der Waals surface area contributed by atoms with Crippen LogP contribution in [0.3, 0.4) is 0 Å². The van der Waals surface area contributed by atoms with Gasteiger partial charge in [-0.15, -0.1) is 0 Å². The Morgan fingerprint density at radius 2 is 2.50 bits per heavy atom. The second kappa shape index (κ2) is 4.02. The minimum absolute atomic E-state index is 0.470. The zero-order valence-corrected chi connectivity index (χ0v) is 7.25. The minimum Gasteiger partial charge on any atom is -0.300 e. The van der Waals surface area contributed by atoms with Crippen molar-refractivity contribution >= 4 is 17.5 Å². The van der Waals surface area contributed by atoms with Crippen LogP contribution in [-0.2, 0) is 4.79 Å². The molecule has 0 saturated heterocycles. The third-order valence-corrected chi connectivity index (χ3v) is 3.05. The molecule has 10 heavy (non-hydrogen) atoms. The Bertz CT molecular complexity index is 120. The molecule has 1 unspecified atom stereocenters. The highest BCUT2D eigenvalue weighted by Gasteiger charge is 2.18. The van der Waals surface area contributed by atoms with Gasteiger partial charge in [0.2, 0.25) is 0 Å². The fraction of sp³-hybridized carbons (Fsp3) is 0.875. The lowest BCUT2D eigenvalue weighted by Gasteiger charge is -2.18. The van der Waals surface area contributed by atoms with Crippen LogP contribution in [0.2, 0.25) is 0 Å². The lowest BCUT2D eigenvalue weighted by molar-refractivity contribution is -0.120. The first-order valence-electron chi connectivity index (χ1n) is 3.96. The van der Waals surface area contributed by atoms with E-state index >= 15 is 0 Å². The highest BCUT2D eigenvalue weighted by molar-refractivity contribution is 7.99. The Morgan fingerprint density at radius 3 is 3.10 bits per heavy atom. The largest absolute Gasteiger partial charge is 0.300 e. The van der Waals surface area contributed by atoms with Crippen molar-refractivity contribution in [1.29, 1.82) is 0 Å². The van der Waals surface area contributed by atoms with Gasteiger partial charge in [0.25, 0.3) is 0 Å². The summed E-state index contributed by atoms with van der Waals surface area (Å²) in [6.45, 7) is 2.16. The molecule has 0 aliphatic heterocycles. The molecule has 0 N–H and O–H groups in total. The number of carbonyl (C=O) groups is 1. The van der Waals surface area contributed by atoms with Crippen molar-refractivity contribution in [1.82, 2.24) is 0 Å². The van der Waals surface area contributed by atoms with Gasteiger partial charge >= 0.3 is 0 Å². The van der Waals surface area contributed by atoms with Crippen molar-refractivity contribution in [3.05, 3.63) is 0 Å². The van der Waals surface area contributed by atoms with Gasteiger partial charge < -0.3 is 0 Å². The van der Waals surface area contributed by atoms with Crippen LogP contribution >= 0.6 is 11.8 Å². The SMILES string of the molecule is CCSC1CCCC(=O)C1. The molecular weight excluding hydrogens is 144 g/mol. The topological polar surface area (TPSA) is 17.1 Å². The molecule has 1 nitrogen and oxygen atoms in total. The molecule has 1 fully saturated rings. The number of rotatable bonds is 2. The molecule has 58 valence electrons. The summed E-state index contributed by atoms with van der Waals surface area (Å²) in [6, 6.07) is 0. The molecule has 0 amide bonds. The van der Waals surface area contributed by atoms with Crippen LogP contribution in [0, 0.1) is 0 Å². The number of Topliss-reactive ketones (excluding diaryl/α,β-unsaturated/α-hetero) is 1. The van der Waals surface area contributed by atoms with E-state index in [0.29, 0.717) is 11.0 Å². The van der Waals surface area contributed by atoms with Crippen LogP contribution in [0.5, 0.6) is 0 Å². The molecule has 0 heterocycles. The average Bonchev–Trinajstić information content (AvgIpc) is 1.88. The second-order valence-corrected chi connectivity index (χ2v) is 4.29. The number of ketones is 1. The van der Waals surface area contributed by atoms with Crippen LogP contribution < -0.4 is 0 Å². The monoisotopic (exact) mass is 158 g/mol. The Hall–Kier alpha value is 0.0200. The van der Waals surface area contributed by atoms with Gasteiger partial charge in [-0.1, -0.05) is 6.92 Å². The van der Waals surface area contributed by atoms with Gasteiger partial charge in [0.15, 0.2) is 0 Å². The predicted molar refractivity (Wildman–Crippen MR) is 45.4 cm³/mol. The first-order valence-corrected chi connectivity index (χ1v) is 5.01. The first kappa shape index (κ1) is 8.12. The van der Waals surface area contributed by atoms with Crippen LogP contribution in [0.25, 0.3) is 0 Å². The third-order valence-electron chi connectivity index (χ3n) is 1.84. The Morgan fingerprint density at radius 1 is 1.70 bits per heavy atom. The standard InChI is InChI=1S/C8H14OS/c1-2-10-8-5-3-4-7(9)6-8/h8H,2-6H2,1H3. The van der Waals surface area contributed by atoms with E-state index in [2.05, 4.69) is 6.92 Å². The third kappa shape index (κ3) is 2.33. The maximum atomic E-state index is 10.9. The van der Waals surface area contributed by atoms with Crippen molar-refractivity contribution < 1.29 is 4.79 Å². The summed E-state index contributed by atoms with van der Waals surface area (Å²) in [4.78, 5) is 10.9. The van der Waals surface area contributed by atoms with E-state index in [4.69, 9.17) is 0 Å². The van der Waals surface area contributed by atoms with Crippen molar-refractivity contribution in [2.24, 2.45) is 0 Å². The fourth-order valence-electron chi connectivity index (χ4n) is 1.36. The van der Waals surface area contributed by atoms with E-state index in [1.165, 1.54) is 6.42 Å². The van der Waals surface area contributed by atoms with E-state index in [0.717, 1.165) is 25.0 Å². The number of carbonyl (C=O) groups excluding carboxylic acids is 1. The molecule has 0 radical (unpaired) electrons. The summed E-state index contributed by atoms with van der Waals surface area (Å²) in [5.41, 5.74) is 0. The molecule has 1 rings (SSSR count). The lowest BCUT2D eigenvalue weighted by atomic mass is 9.99. The van der Waals surface area contributed by atoms with Crippen LogP contribution in [-0.4, -0.2) is 16.8 Å². The smallest absolute Gasteiger partial charge is 0.134 e. The zero-order valence-electron chi connectivity index (χ0n) is 6.43. The van der Waals surface area contributed by atoms with Crippen molar-refractivity contribution in [2.45, 2.75) is 37.9 Å². The van der Waals surface area contributed by atoms with Gasteiger partial charge in [-0.3, -0.25) is 4.79 Å². The Balaban J connectivity index is 2.25. The Kier molecular flexibility index (Phi) is 3.26. The average molecular weight is 158 g/mol. The van der Waals surface area contributed by atoms with Crippen LogP contribution in [0.4, 0.5) is 0 Å². The summed E-state index contributed by atoms with van der Waals surface area (Å²) >= 11 is 1.94. The van der Waals surface area contributed by atoms with E-state index in [1.807, 2.05) is 11.8 Å². The van der Waals surface area contributed by atoms with Crippen molar-refractivity contribution in [3.63, 3.8) is 0 Å². The zero-order chi connectivity index (χ0) is 7.40. The summed E-state index contributed by atoms with van der Waals surface area (Å²) in [5, 5.41) is 0.645. The van der Waals surface area contributed by atoms with E-state index in [1.54, 1.807) is 0 Å². The van der Waals surface area contributed by atoms with Crippen LogP contribution in [0.1, 0.15) is 32.6 Å². The molecule has 0 spiro atoms. The molecular formula is C8H14OS. The van der Waals surface area contributed by atoms with Crippen molar-refractivity contribution in [3.8, 4) is 0 Å². The maximum absolute atomic E-state index is 10.9. The maximum Gasteiger partial charge on any atom is 0.134 e. The van der Waals surface area contributed by atoms with Gasteiger partial charge in [0, 0.05) is 18.1 Å². The molecule has 0 bridgehead atoms. The van der Waals surface area contributed by atoms with Gasteiger partial charge in [-0.05, 0) is 18.6 Å². The number of hydrogen-bond acceptors (Lipinski definition) is 2. The van der Waals surface area contributed by atoms with Crippen LogP contribution in [0.15, 0.2) is 0 Å². The number of hydrogen-bond donors (Lipinski definition) is 0. The molecule has 1 atom stereocenters. The highest BCUT2D eigenvalue weighted by Crippen LogP contribution is 2.25. The van der Waals surface area contributed by atoms with E-state index < -0.39 is 0 Å². The first-order chi connectivity index (χ1) is 4.83. The normalized spacial score (nSPS) is 26.9. The fourth-order valence-corrected chi connectivity index (χ4v) is 2.47. The van der Waals surface area contributed by atoms with Gasteiger partial charge in [0.1, 0.15) is 5.78 Å². The van der Waals surface area contributed by atoms with E-state index in [9.17, 15) is 4.79 Å². The molecule has 1 saturated carbocycles. The molecule has 0 aromatic heterocycles. The summed E-state index contributed by atoms with van der Waals surface area (Å²) < 4.78 is 0. The summed E-state index contributed by atoms with van der Waals surface area (Å²) in [7, 11) is 0. The number of thioether (sulfide) groups is 1. The molecule has 1 aliphatic rings. The molecule has 2 heteroatoms. The Labute approximate surface area is 66.6 Å². The van der Waals surface area contributed by atoms with Gasteiger partial charge in [-0.25, -0.2) is 0 Å².